The standard InChI is InChI=1S/C13H12ClFN2O/c1-18-13-7-11(16-8-17-13)6-12(14)9-3-2-4-10(15)5-9/h2-5,7-8,12H,6H2,1H3. The molecule has 1 aromatic heterocycles. The molecule has 0 bridgehead atoms. The van der Waals surface area contributed by atoms with Gasteiger partial charge in [0.1, 0.15) is 12.1 Å². The topological polar surface area (TPSA) is 35.0 Å². The van der Waals surface area contributed by atoms with Crippen LogP contribution < -0.4 is 4.74 Å². The van der Waals surface area contributed by atoms with Crippen molar-refractivity contribution in [1.29, 1.82) is 0 Å². The number of alkyl halides is 1. The van der Waals surface area contributed by atoms with Gasteiger partial charge in [-0.05, 0) is 17.7 Å². The summed E-state index contributed by atoms with van der Waals surface area (Å²) in [7, 11) is 1.54. The van der Waals surface area contributed by atoms with Crippen LogP contribution in [0.1, 0.15) is 16.6 Å². The lowest BCUT2D eigenvalue weighted by Crippen LogP contribution is -2.00. The first-order valence-electron chi connectivity index (χ1n) is 5.43. The molecule has 3 nitrogen and oxygen atoms in total. The van der Waals surface area contributed by atoms with Gasteiger partial charge in [0, 0.05) is 18.2 Å². The maximum Gasteiger partial charge on any atom is 0.216 e. The quantitative estimate of drug-likeness (QED) is 0.798. The van der Waals surface area contributed by atoms with Crippen molar-refractivity contribution in [3.63, 3.8) is 0 Å². The number of hydrogen-bond donors (Lipinski definition) is 0. The molecule has 18 heavy (non-hydrogen) atoms. The molecule has 0 aliphatic heterocycles. The van der Waals surface area contributed by atoms with Crippen molar-refractivity contribution in [2.24, 2.45) is 0 Å². The predicted octanol–water partition coefficient (Wildman–Crippen LogP) is 3.15. The Balaban J connectivity index is 2.13. The molecule has 0 N–H and O–H groups in total. The second-order valence-corrected chi connectivity index (χ2v) is 4.31. The third kappa shape index (κ3) is 3.17. The van der Waals surface area contributed by atoms with Crippen molar-refractivity contribution in [3.8, 4) is 5.88 Å². The molecule has 94 valence electrons. The Bertz CT molecular complexity index is 536. The molecular formula is C13H12ClFN2O. The van der Waals surface area contributed by atoms with Crippen molar-refractivity contribution in [2.45, 2.75) is 11.8 Å². The zero-order valence-corrected chi connectivity index (χ0v) is 10.6. The van der Waals surface area contributed by atoms with Crippen molar-refractivity contribution in [3.05, 3.63) is 53.7 Å². The second kappa shape index (κ2) is 5.78. The number of rotatable bonds is 4. The molecule has 2 aromatic rings. The van der Waals surface area contributed by atoms with E-state index in [2.05, 4.69) is 9.97 Å². The molecule has 0 aliphatic rings. The summed E-state index contributed by atoms with van der Waals surface area (Å²) in [6.07, 6.45) is 1.91. The summed E-state index contributed by atoms with van der Waals surface area (Å²) in [5, 5.41) is -0.333. The summed E-state index contributed by atoms with van der Waals surface area (Å²) >= 11 is 6.24. The molecule has 1 unspecified atom stereocenters. The van der Waals surface area contributed by atoms with E-state index in [9.17, 15) is 4.39 Å². The third-order valence-corrected chi connectivity index (χ3v) is 2.91. The van der Waals surface area contributed by atoms with Crippen molar-refractivity contribution in [1.82, 2.24) is 9.97 Å². The number of hydrogen-bond acceptors (Lipinski definition) is 3. The largest absolute Gasteiger partial charge is 0.481 e. The fourth-order valence-electron chi connectivity index (χ4n) is 1.60. The smallest absolute Gasteiger partial charge is 0.216 e. The summed E-state index contributed by atoms with van der Waals surface area (Å²) in [6.45, 7) is 0. The monoisotopic (exact) mass is 266 g/mol. The molecular weight excluding hydrogens is 255 g/mol. The SMILES string of the molecule is COc1cc(CC(Cl)c2cccc(F)c2)ncn1. The molecule has 0 spiro atoms. The summed E-state index contributed by atoms with van der Waals surface area (Å²) in [5.41, 5.74) is 1.49. The van der Waals surface area contributed by atoms with E-state index in [-0.39, 0.29) is 11.2 Å². The Labute approximate surface area is 110 Å². The van der Waals surface area contributed by atoms with Gasteiger partial charge in [0.2, 0.25) is 5.88 Å². The molecule has 0 saturated carbocycles. The Morgan fingerprint density at radius 3 is 2.89 bits per heavy atom. The highest BCUT2D eigenvalue weighted by molar-refractivity contribution is 6.20. The number of methoxy groups -OCH3 is 1. The minimum absolute atomic E-state index is 0.293. The Morgan fingerprint density at radius 1 is 1.33 bits per heavy atom. The average Bonchev–Trinajstić information content (AvgIpc) is 2.39. The molecule has 0 aliphatic carbocycles. The van der Waals surface area contributed by atoms with Crippen LogP contribution in [0.25, 0.3) is 0 Å². The van der Waals surface area contributed by atoms with Crippen LogP contribution in [0.4, 0.5) is 4.39 Å². The maximum atomic E-state index is 13.1. The fourth-order valence-corrected chi connectivity index (χ4v) is 1.90. The maximum absolute atomic E-state index is 13.1. The average molecular weight is 267 g/mol. The Morgan fingerprint density at radius 2 is 2.17 bits per heavy atom. The van der Waals surface area contributed by atoms with Gasteiger partial charge in [0.05, 0.1) is 12.5 Å². The lowest BCUT2D eigenvalue weighted by molar-refractivity contribution is 0.396. The molecule has 1 atom stereocenters. The van der Waals surface area contributed by atoms with E-state index < -0.39 is 0 Å². The van der Waals surface area contributed by atoms with Gasteiger partial charge in [-0.2, -0.15) is 0 Å². The summed E-state index contributed by atoms with van der Waals surface area (Å²) in [6, 6.07) is 7.96. The molecule has 2 rings (SSSR count). The minimum Gasteiger partial charge on any atom is -0.481 e. The summed E-state index contributed by atoms with van der Waals surface area (Å²) in [5.74, 6) is 0.196. The summed E-state index contributed by atoms with van der Waals surface area (Å²) < 4.78 is 18.1. The van der Waals surface area contributed by atoms with Crippen LogP contribution in [0.15, 0.2) is 36.7 Å². The highest BCUT2D eigenvalue weighted by Gasteiger charge is 2.11. The van der Waals surface area contributed by atoms with E-state index in [4.69, 9.17) is 16.3 Å². The zero-order chi connectivity index (χ0) is 13.0. The van der Waals surface area contributed by atoms with E-state index in [1.54, 1.807) is 18.2 Å². The Kier molecular flexibility index (Phi) is 4.10. The van der Waals surface area contributed by atoms with Crippen LogP contribution in [0.2, 0.25) is 0 Å². The number of nitrogens with zero attached hydrogens (tertiary/aromatic N) is 2. The van der Waals surface area contributed by atoms with Crippen LogP contribution in [-0.4, -0.2) is 17.1 Å². The predicted molar refractivity (Wildman–Crippen MR) is 67.3 cm³/mol. The van der Waals surface area contributed by atoms with E-state index in [1.807, 2.05) is 0 Å². The van der Waals surface area contributed by atoms with Gasteiger partial charge in [0.25, 0.3) is 0 Å². The van der Waals surface area contributed by atoms with Gasteiger partial charge in [-0.25, -0.2) is 14.4 Å². The van der Waals surface area contributed by atoms with Crippen molar-refractivity contribution >= 4 is 11.6 Å². The lowest BCUT2D eigenvalue weighted by Gasteiger charge is -2.09. The molecule has 0 fully saturated rings. The minimum atomic E-state index is -0.333. The first-order chi connectivity index (χ1) is 8.69. The highest BCUT2D eigenvalue weighted by atomic mass is 35.5. The summed E-state index contributed by atoms with van der Waals surface area (Å²) in [4.78, 5) is 8.02. The number of halogens is 2. The van der Waals surface area contributed by atoms with Crippen molar-refractivity contribution in [2.75, 3.05) is 7.11 Å². The Hall–Kier alpha value is -1.68. The molecule has 1 heterocycles. The second-order valence-electron chi connectivity index (χ2n) is 3.78. The number of aromatic nitrogens is 2. The van der Waals surface area contributed by atoms with Gasteiger partial charge in [0.15, 0.2) is 0 Å². The van der Waals surface area contributed by atoms with Crippen LogP contribution in [0.3, 0.4) is 0 Å². The number of benzene rings is 1. The normalized spacial score (nSPS) is 12.2. The molecule has 0 amide bonds. The van der Waals surface area contributed by atoms with Crippen LogP contribution in [0, 0.1) is 5.82 Å². The number of ether oxygens (including phenoxy) is 1. The molecule has 0 radical (unpaired) electrons. The first-order valence-corrected chi connectivity index (χ1v) is 5.87. The van der Waals surface area contributed by atoms with Crippen LogP contribution in [0.5, 0.6) is 5.88 Å². The zero-order valence-electron chi connectivity index (χ0n) is 9.81. The van der Waals surface area contributed by atoms with E-state index in [0.29, 0.717) is 12.3 Å². The molecule has 5 heteroatoms. The van der Waals surface area contributed by atoms with Crippen molar-refractivity contribution < 1.29 is 9.13 Å². The third-order valence-electron chi connectivity index (χ3n) is 2.51. The highest BCUT2D eigenvalue weighted by Crippen LogP contribution is 2.25. The first kappa shape index (κ1) is 12.8. The van der Waals surface area contributed by atoms with E-state index >= 15 is 0 Å². The van der Waals surface area contributed by atoms with Gasteiger partial charge in [-0.3, -0.25) is 0 Å². The van der Waals surface area contributed by atoms with E-state index in [0.717, 1.165) is 11.3 Å². The van der Waals surface area contributed by atoms with Gasteiger partial charge >= 0.3 is 0 Å². The van der Waals surface area contributed by atoms with Gasteiger partial charge < -0.3 is 4.74 Å². The van der Waals surface area contributed by atoms with Gasteiger partial charge in [-0.15, -0.1) is 11.6 Å². The van der Waals surface area contributed by atoms with Gasteiger partial charge in [-0.1, -0.05) is 12.1 Å². The lowest BCUT2D eigenvalue weighted by atomic mass is 10.1. The molecule has 0 saturated heterocycles. The van der Waals surface area contributed by atoms with E-state index in [1.165, 1.54) is 25.6 Å². The van der Waals surface area contributed by atoms with Crippen LogP contribution in [-0.2, 0) is 6.42 Å². The van der Waals surface area contributed by atoms with Crippen LogP contribution >= 0.6 is 11.6 Å². The molecule has 1 aromatic carbocycles. The fraction of sp³-hybridized carbons (Fsp3) is 0.231.